The van der Waals surface area contributed by atoms with E-state index in [1.807, 2.05) is 4.90 Å². The highest BCUT2D eigenvalue weighted by atomic mass is 19.1. The minimum Gasteiger partial charge on any atom is -0.444 e. The van der Waals surface area contributed by atoms with Crippen LogP contribution >= 0.6 is 0 Å². The van der Waals surface area contributed by atoms with E-state index in [4.69, 9.17) is 14.2 Å². The summed E-state index contributed by atoms with van der Waals surface area (Å²) in [7, 11) is 0. The minimum absolute atomic E-state index is 0.117. The molecule has 2 aliphatic heterocycles. The Morgan fingerprint density at radius 2 is 2.04 bits per heavy atom. The van der Waals surface area contributed by atoms with Gasteiger partial charge < -0.3 is 24.4 Å². The van der Waals surface area contributed by atoms with Crippen molar-refractivity contribution in [2.75, 3.05) is 49.2 Å². The lowest BCUT2D eigenvalue weighted by molar-refractivity contribution is 0.0496. The number of halogens is 1. The fraction of sp³-hybridized carbons (Fsp3) is 0.579. The van der Waals surface area contributed by atoms with Crippen LogP contribution in [-0.2, 0) is 14.2 Å². The van der Waals surface area contributed by atoms with E-state index in [0.29, 0.717) is 37.7 Å². The van der Waals surface area contributed by atoms with Crippen molar-refractivity contribution in [2.24, 2.45) is 0 Å². The second-order valence-corrected chi connectivity index (χ2v) is 7.73. The minimum atomic E-state index is -0.609. The summed E-state index contributed by atoms with van der Waals surface area (Å²) in [6, 6.07) is 4.68. The molecule has 9 heteroatoms. The third-order valence-electron chi connectivity index (χ3n) is 4.34. The van der Waals surface area contributed by atoms with Gasteiger partial charge in [0.05, 0.1) is 37.7 Å². The van der Waals surface area contributed by atoms with Gasteiger partial charge in [0.25, 0.3) is 0 Å². The SMILES string of the molecule is CC(C)(C)OC(=O)NCC1CN(c2ccc(N3CCOCC3)c(F)c2)C(=O)O1. The smallest absolute Gasteiger partial charge is 0.414 e. The fourth-order valence-corrected chi connectivity index (χ4v) is 3.07. The van der Waals surface area contributed by atoms with E-state index in [9.17, 15) is 14.0 Å². The number of nitrogens with one attached hydrogen (secondary N) is 1. The van der Waals surface area contributed by atoms with Gasteiger partial charge in [-0.3, -0.25) is 4.90 Å². The Morgan fingerprint density at radius 1 is 1.32 bits per heavy atom. The number of anilines is 2. The molecule has 0 radical (unpaired) electrons. The number of benzene rings is 1. The number of amides is 2. The molecule has 8 nitrogen and oxygen atoms in total. The van der Waals surface area contributed by atoms with Crippen LogP contribution in [0.25, 0.3) is 0 Å². The number of carbonyl (C=O) groups excluding carboxylic acids is 2. The Kier molecular flexibility index (Phi) is 5.93. The molecule has 2 fully saturated rings. The lowest BCUT2D eigenvalue weighted by Crippen LogP contribution is -2.38. The first-order valence-electron chi connectivity index (χ1n) is 9.30. The maximum Gasteiger partial charge on any atom is 0.414 e. The van der Waals surface area contributed by atoms with Crippen LogP contribution < -0.4 is 15.1 Å². The second-order valence-electron chi connectivity index (χ2n) is 7.73. The number of ether oxygens (including phenoxy) is 3. The van der Waals surface area contributed by atoms with Gasteiger partial charge in [-0.2, -0.15) is 0 Å². The summed E-state index contributed by atoms with van der Waals surface area (Å²) in [4.78, 5) is 27.2. The van der Waals surface area contributed by atoms with Gasteiger partial charge in [-0.1, -0.05) is 0 Å². The molecule has 154 valence electrons. The maximum atomic E-state index is 14.6. The third-order valence-corrected chi connectivity index (χ3v) is 4.34. The zero-order valence-corrected chi connectivity index (χ0v) is 16.4. The molecule has 2 heterocycles. The van der Waals surface area contributed by atoms with Crippen LogP contribution in [0, 0.1) is 5.82 Å². The first-order chi connectivity index (χ1) is 13.2. The van der Waals surface area contributed by atoms with Crippen LogP contribution in [0.5, 0.6) is 0 Å². The van der Waals surface area contributed by atoms with Crippen molar-refractivity contribution in [2.45, 2.75) is 32.5 Å². The van der Waals surface area contributed by atoms with Gasteiger partial charge in [0.1, 0.15) is 17.5 Å². The molecule has 0 bridgehead atoms. The molecule has 1 unspecified atom stereocenters. The van der Waals surface area contributed by atoms with Crippen molar-refractivity contribution >= 4 is 23.6 Å². The number of morpholine rings is 1. The number of rotatable bonds is 4. The molecule has 1 aromatic carbocycles. The number of hydrogen-bond donors (Lipinski definition) is 1. The molecule has 2 saturated heterocycles. The van der Waals surface area contributed by atoms with Crippen molar-refractivity contribution < 1.29 is 28.2 Å². The van der Waals surface area contributed by atoms with E-state index in [-0.39, 0.29) is 13.1 Å². The molecule has 3 rings (SSSR count). The standard InChI is InChI=1S/C19H26FN3O5/c1-19(2,3)28-17(24)21-11-14-12-23(18(25)27-14)13-4-5-16(15(20)10-13)22-6-8-26-9-7-22/h4-5,10,14H,6-9,11-12H2,1-3H3,(H,21,24). The Bertz CT molecular complexity index is 731. The van der Waals surface area contributed by atoms with Gasteiger partial charge >= 0.3 is 12.2 Å². The molecule has 2 amide bonds. The molecule has 1 atom stereocenters. The fourth-order valence-electron chi connectivity index (χ4n) is 3.07. The molecule has 2 aliphatic rings. The Morgan fingerprint density at radius 3 is 2.68 bits per heavy atom. The molecular formula is C19H26FN3O5. The predicted octanol–water partition coefficient (Wildman–Crippen LogP) is 2.51. The largest absolute Gasteiger partial charge is 0.444 e. The van der Waals surface area contributed by atoms with Crippen LogP contribution in [-0.4, -0.2) is 63.3 Å². The third kappa shape index (κ3) is 5.03. The molecule has 0 spiro atoms. The molecule has 0 saturated carbocycles. The van der Waals surface area contributed by atoms with Crippen molar-refractivity contribution in [3.8, 4) is 0 Å². The van der Waals surface area contributed by atoms with Crippen LogP contribution in [0.1, 0.15) is 20.8 Å². The van der Waals surface area contributed by atoms with E-state index < -0.39 is 29.7 Å². The van der Waals surface area contributed by atoms with Crippen molar-refractivity contribution in [1.82, 2.24) is 5.32 Å². The molecule has 1 N–H and O–H groups in total. The van der Waals surface area contributed by atoms with E-state index in [0.717, 1.165) is 0 Å². The monoisotopic (exact) mass is 395 g/mol. The summed E-state index contributed by atoms with van der Waals surface area (Å²) >= 11 is 0. The van der Waals surface area contributed by atoms with Gasteiger partial charge in [-0.05, 0) is 39.0 Å². The number of alkyl carbamates (subject to hydrolysis) is 1. The summed E-state index contributed by atoms with van der Waals surface area (Å²) in [5, 5.41) is 2.58. The van der Waals surface area contributed by atoms with Gasteiger partial charge in [0.2, 0.25) is 0 Å². The van der Waals surface area contributed by atoms with E-state index in [1.165, 1.54) is 11.0 Å². The van der Waals surface area contributed by atoms with E-state index >= 15 is 0 Å². The summed E-state index contributed by atoms with van der Waals surface area (Å²) in [6.45, 7) is 7.99. The maximum absolute atomic E-state index is 14.6. The number of cyclic esters (lactones) is 1. The van der Waals surface area contributed by atoms with Crippen LogP contribution in [0.3, 0.4) is 0 Å². The lowest BCUT2D eigenvalue weighted by Gasteiger charge is -2.29. The van der Waals surface area contributed by atoms with Crippen LogP contribution in [0.4, 0.5) is 25.4 Å². The number of carbonyl (C=O) groups is 2. The van der Waals surface area contributed by atoms with Crippen LogP contribution in [0.2, 0.25) is 0 Å². The Hall–Kier alpha value is -2.55. The molecule has 0 aliphatic carbocycles. The molecule has 28 heavy (non-hydrogen) atoms. The van der Waals surface area contributed by atoms with Gasteiger partial charge in [-0.25, -0.2) is 14.0 Å². The van der Waals surface area contributed by atoms with Crippen LogP contribution in [0.15, 0.2) is 18.2 Å². The van der Waals surface area contributed by atoms with E-state index in [1.54, 1.807) is 32.9 Å². The van der Waals surface area contributed by atoms with Gasteiger partial charge in [-0.15, -0.1) is 0 Å². The lowest BCUT2D eigenvalue weighted by atomic mass is 10.2. The second kappa shape index (κ2) is 8.22. The zero-order chi connectivity index (χ0) is 20.3. The van der Waals surface area contributed by atoms with E-state index in [2.05, 4.69) is 5.32 Å². The topological polar surface area (TPSA) is 80.3 Å². The normalized spacial score (nSPS) is 20.1. The molecule has 1 aromatic rings. The first kappa shape index (κ1) is 20.2. The molecule has 0 aromatic heterocycles. The Labute approximate surface area is 163 Å². The predicted molar refractivity (Wildman–Crippen MR) is 101 cm³/mol. The zero-order valence-electron chi connectivity index (χ0n) is 16.4. The highest BCUT2D eigenvalue weighted by Crippen LogP contribution is 2.28. The number of nitrogens with zero attached hydrogens (tertiary/aromatic N) is 2. The van der Waals surface area contributed by atoms with Crippen molar-refractivity contribution in [1.29, 1.82) is 0 Å². The van der Waals surface area contributed by atoms with Gasteiger partial charge in [0, 0.05) is 13.1 Å². The molecular weight excluding hydrogens is 369 g/mol. The van der Waals surface area contributed by atoms with Crippen molar-refractivity contribution in [3.63, 3.8) is 0 Å². The summed E-state index contributed by atoms with van der Waals surface area (Å²) in [5.41, 5.74) is 0.296. The quantitative estimate of drug-likeness (QED) is 0.844. The summed E-state index contributed by atoms with van der Waals surface area (Å²) in [5.74, 6) is -0.400. The average molecular weight is 395 g/mol. The van der Waals surface area contributed by atoms with Crippen molar-refractivity contribution in [3.05, 3.63) is 24.0 Å². The first-order valence-corrected chi connectivity index (χ1v) is 9.30. The average Bonchev–Trinajstić information content (AvgIpc) is 3.00. The Balaban J connectivity index is 1.59. The highest BCUT2D eigenvalue weighted by Gasteiger charge is 2.33. The summed E-state index contributed by atoms with van der Waals surface area (Å²) in [6.07, 6.45) is -1.69. The summed E-state index contributed by atoms with van der Waals surface area (Å²) < 4.78 is 30.3. The number of hydrogen-bond acceptors (Lipinski definition) is 6. The van der Waals surface area contributed by atoms with Gasteiger partial charge in [0.15, 0.2) is 0 Å². The highest BCUT2D eigenvalue weighted by molar-refractivity contribution is 5.90.